The van der Waals surface area contributed by atoms with Crippen LogP contribution in [0.5, 0.6) is 0 Å². The van der Waals surface area contributed by atoms with Crippen LogP contribution < -0.4 is 0 Å². The molecule has 0 saturated heterocycles. The van der Waals surface area contributed by atoms with Gasteiger partial charge < -0.3 is 0 Å². The summed E-state index contributed by atoms with van der Waals surface area (Å²) in [6.45, 7) is 4.21. The molecule has 1 rings (SSSR count). The fourth-order valence-electron chi connectivity index (χ4n) is 0.957. The van der Waals surface area contributed by atoms with Crippen LogP contribution in [0.4, 0.5) is 0 Å². The summed E-state index contributed by atoms with van der Waals surface area (Å²) < 4.78 is 0. The molecule has 2 heteroatoms. The Kier molecular flexibility index (Phi) is 4.85. The molecule has 0 aromatic heterocycles. The van der Waals surface area contributed by atoms with Crippen molar-refractivity contribution in [3.8, 4) is 0 Å². The zero-order valence-electron chi connectivity index (χ0n) is 6.32. The normalized spacial score (nSPS) is 9.00. The average molecular weight is 185 g/mol. The highest BCUT2D eigenvalue weighted by Crippen LogP contribution is 2.13. The first-order valence-corrected chi connectivity index (χ1v) is 3.90. The van der Waals surface area contributed by atoms with E-state index in [4.69, 9.17) is 11.6 Å². The second-order valence-corrected chi connectivity index (χ2v) is 2.76. The van der Waals surface area contributed by atoms with E-state index in [1.54, 1.807) is 0 Å². The van der Waals surface area contributed by atoms with Gasteiger partial charge in [-0.1, -0.05) is 18.2 Å². The van der Waals surface area contributed by atoms with E-state index in [0.717, 1.165) is 0 Å². The van der Waals surface area contributed by atoms with Crippen LogP contribution in [0.25, 0.3) is 0 Å². The molecular weight excluding hydrogens is 171 g/mol. The molecule has 0 fully saturated rings. The van der Waals surface area contributed by atoms with Gasteiger partial charge in [-0.15, -0.1) is 11.6 Å². The Morgan fingerprint density at radius 1 is 1.27 bits per heavy atom. The lowest BCUT2D eigenvalue weighted by atomic mass is 10.1. The standard InChI is InChI=1S/C9H11Cl.Al.3H/c1-7-4-3-5-9(6-10)8(7)2;;;;/h3-5H,6H2,1-2H3;;;;. The molecule has 0 spiro atoms. The molecule has 0 atom stereocenters. The van der Waals surface area contributed by atoms with Gasteiger partial charge in [0.15, 0.2) is 17.4 Å². The van der Waals surface area contributed by atoms with E-state index in [9.17, 15) is 0 Å². The Morgan fingerprint density at radius 2 is 1.91 bits per heavy atom. The maximum absolute atomic E-state index is 5.70. The Morgan fingerprint density at radius 3 is 2.36 bits per heavy atom. The number of aryl methyl sites for hydroxylation is 1. The van der Waals surface area contributed by atoms with Crippen molar-refractivity contribution < 1.29 is 0 Å². The summed E-state index contributed by atoms with van der Waals surface area (Å²) in [5.74, 6) is 0.619. The van der Waals surface area contributed by atoms with E-state index in [1.165, 1.54) is 16.7 Å². The highest BCUT2D eigenvalue weighted by molar-refractivity contribution is 6.17. The predicted octanol–water partition coefficient (Wildman–Crippen LogP) is 1.86. The SMILES string of the molecule is Cc1cccc(CCl)c1C.[AlH3]. The molecule has 0 radical (unpaired) electrons. The monoisotopic (exact) mass is 184 g/mol. The Labute approximate surface area is 83.7 Å². The van der Waals surface area contributed by atoms with Crippen LogP contribution in [0.15, 0.2) is 18.2 Å². The highest BCUT2D eigenvalue weighted by Gasteiger charge is 1.96. The molecule has 0 N–H and O–H groups in total. The molecule has 0 nitrogen and oxygen atoms in total. The van der Waals surface area contributed by atoms with Gasteiger partial charge in [-0.3, -0.25) is 0 Å². The van der Waals surface area contributed by atoms with Crippen molar-refractivity contribution in [1.29, 1.82) is 0 Å². The number of alkyl halides is 1. The van der Waals surface area contributed by atoms with E-state index in [-0.39, 0.29) is 17.4 Å². The van der Waals surface area contributed by atoms with Crippen LogP contribution in [-0.2, 0) is 5.88 Å². The second-order valence-electron chi connectivity index (χ2n) is 2.49. The summed E-state index contributed by atoms with van der Waals surface area (Å²) in [6.07, 6.45) is 0. The number of rotatable bonds is 1. The summed E-state index contributed by atoms with van der Waals surface area (Å²) in [7, 11) is 0. The van der Waals surface area contributed by atoms with Crippen molar-refractivity contribution >= 4 is 29.0 Å². The Bertz CT molecular complexity index is 233. The third-order valence-corrected chi connectivity index (χ3v) is 2.15. The molecule has 0 aliphatic carbocycles. The fourth-order valence-corrected chi connectivity index (χ4v) is 1.25. The van der Waals surface area contributed by atoms with Gasteiger partial charge in [0.2, 0.25) is 0 Å². The number of hydrogen-bond donors (Lipinski definition) is 0. The minimum Gasteiger partial charge on any atom is -0.122 e. The van der Waals surface area contributed by atoms with E-state index in [2.05, 4.69) is 26.0 Å². The number of halogens is 1. The summed E-state index contributed by atoms with van der Waals surface area (Å²) >= 11 is 5.70. The lowest BCUT2D eigenvalue weighted by molar-refractivity contribution is 1.24. The summed E-state index contributed by atoms with van der Waals surface area (Å²) in [5.41, 5.74) is 3.87. The van der Waals surface area contributed by atoms with Gasteiger partial charge in [0, 0.05) is 5.88 Å². The molecule has 0 unspecified atom stereocenters. The minimum absolute atomic E-state index is 0. The molecule has 60 valence electrons. The summed E-state index contributed by atoms with van der Waals surface area (Å²) in [4.78, 5) is 0. The maximum Gasteiger partial charge on any atom is 0.187 e. The average Bonchev–Trinajstić information content (AvgIpc) is 1.95. The number of hydrogen-bond acceptors (Lipinski definition) is 0. The van der Waals surface area contributed by atoms with E-state index < -0.39 is 0 Å². The molecule has 0 bridgehead atoms. The molecule has 1 aromatic rings. The largest absolute Gasteiger partial charge is 0.187 e. The topological polar surface area (TPSA) is 0 Å². The van der Waals surface area contributed by atoms with Gasteiger partial charge in [-0.05, 0) is 30.5 Å². The van der Waals surface area contributed by atoms with Crippen molar-refractivity contribution in [2.24, 2.45) is 0 Å². The zero-order chi connectivity index (χ0) is 7.56. The highest BCUT2D eigenvalue weighted by atomic mass is 35.5. The first-order chi connectivity index (χ1) is 4.75. The third kappa shape index (κ3) is 2.52. The molecule has 11 heavy (non-hydrogen) atoms. The fraction of sp³-hybridized carbons (Fsp3) is 0.333. The predicted molar refractivity (Wildman–Crippen MR) is 55.4 cm³/mol. The maximum atomic E-state index is 5.70. The van der Waals surface area contributed by atoms with Crippen molar-refractivity contribution in [3.05, 3.63) is 34.9 Å². The molecule has 0 amide bonds. The first-order valence-electron chi connectivity index (χ1n) is 3.36. The van der Waals surface area contributed by atoms with Gasteiger partial charge in [0.05, 0.1) is 0 Å². The van der Waals surface area contributed by atoms with Crippen LogP contribution >= 0.6 is 11.6 Å². The lowest BCUT2D eigenvalue weighted by Gasteiger charge is -2.03. The van der Waals surface area contributed by atoms with Crippen LogP contribution in [0.3, 0.4) is 0 Å². The lowest BCUT2D eigenvalue weighted by Crippen LogP contribution is -1.86. The van der Waals surface area contributed by atoms with Crippen LogP contribution in [0, 0.1) is 13.8 Å². The van der Waals surface area contributed by atoms with Crippen LogP contribution in [-0.4, -0.2) is 17.4 Å². The molecule has 0 aliphatic heterocycles. The summed E-state index contributed by atoms with van der Waals surface area (Å²) in [6, 6.07) is 6.21. The minimum atomic E-state index is 0. The van der Waals surface area contributed by atoms with Gasteiger partial charge in [-0.25, -0.2) is 0 Å². The van der Waals surface area contributed by atoms with Gasteiger partial charge in [-0.2, -0.15) is 0 Å². The quantitative estimate of drug-likeness (QED) is 0.462. The third-order valence-electron chi connectivity index (χ3n) is 1.86. The molecule has 0 heterocycles. The van der Waals surface area contributed by atoms with Gasteiger partial charge in [0.1, 0.15) is 0 Å². The first kappa shape index (κ1) is 11.0. The van der Waals surface area contributed by atoms with Crippen LogP contribution in [0.1, 0.15) is 16.7 Å². The van der Waals surface area contributed by atoms with Crippen molar-refractivity contribution in [2.75, 3.05) is 0 Å². The van der Waals surface area contributed by atoms with Crippen LogP contribution in [0.2, 0.25) is 0 Å². The molecule has 0 saturated carbocycles. The van der Waals surface area contributed by atoms with Gasteiger partial charge >= 0.3 is 0 Å². The second kappa shape index (κ2) is 4.83. The van der Waals surface area contributed by atoms with E-state index in [0.29, 0.717) is 5.88 Å². The number of benzene rings is 1. The van der Waals surface area contributed by atoms with Crippen molar-refractivity contribution in [1.82, 2.24) is 0 Å². The molecule has 1 aromatic carbocycles. The van der Waals surface area contributed by atoms with E-state index in [1.807, 2.05) is 6.07 Å². The van der Waals surface area contributed by atoms with Crippen molar-refractivity contribution in [3.63, 3.8) is 0 Å². The molecule has 0 aliphatic rings. The zero-order valence-corrected chi connectivity index (χ0v) is 7.07. The van der Waals surface area contributed by atoms with Gasteiger partial charge in [0.25, 0.3) is 0 Å². The summed E-state index contributed by atoms with van der Waals surface area (Å²) in [5, 5.41) is 0. The Hall–Kier alpha value is 0.0425. The van der Waals surface area contributed by atoms with E-state index >= 15 is 0 Å². The smallest absolute Gasteiger partial charge is 0.122 e. The van der Waals surface area contributed by atoms with Crippen molar-refractivity contribution in [2.45, 2.75) is 19.7 Å². The molecular formula is C9H14AlCl. The Balaban J connectivity index is 0.000001000.